The molecule has 1 atom stereocenters. The van der Waals surface area contributed by atoms with Crippen LogP contribution in [0.3, 0.4) is 0 Å². The van der Waals surface area contributed by atoms with E-state index in [9.17, 15) is 13.5 Å². The second kappa shape index (κ2) is 6.22. The minimum Gasteiger partial charge on any atom is -0.396 e. The van der Waals surface area contributed by atoms with Crippen molar-refractivity contribution in [1.82, 2.24) is 4.31 Å². The topological polar surface area (TPSA) is 83.6 Å². The van der Waals surface area contributed by atoms with Gasteiger partial charge < -0.3 is 10.8 Å². The summed E-state index contributed by atoms with van der Waals surface area (Å²) in [6.45, 7) is 3.24. The van der Waals surface area contributed by atoms with Crippen LogP contribution in [0.4, 0.5) is 0 Å². The van der Waals surface area contributed by atoms with E-state index in [0.29, 0.717) is 24.5 Å². The number of aliphatic hydroxyl groups excluding tert-OH is 1. The van der Waals surface area contributed by atoms with E-state index in [1.165, 1.54) is 4.31 Å². The zero-order valence-electron chi connectivity index (χ0n) is 11.7. The first-order valence-electron chi connectivity index (χ1n) is 6.89. The molecule has 3 N–H and O–H groups in total. The number of rotatable bonds is 4. The fourth-order valence-electron chi connectivity index (χ4n) is 2.60. The van der Waals surface area contributed by atoms with Gasteiger partial charge in [-0.15, -0.1) is 0 Å². The molecular formula is C14H22N2O3S. The molecule has 1 aliphatic heterocycles. The number of hydrogen-bond acceptors (Lipinski definition) is 4. The van der Waals surface area contributed by atoms with Crippen LogP contribution in [0.15, 0.2) is 23.1 Å². The first kappa shape index (κ1) is 15.4. The van der Waals surface area contributed by atoms with Crippen LogP contribution in [0, 0.1) is 12.8 Å². The molecule has 1 aliphatic rings. The van der Waals surface area contributed by atoms with E-state index in [2.05, 4.69) is 0 Å². The molecule has 0 aromatic heterocycles. The van der Waals surface area contributed by atoms with Crippen LogP contribution in [0.25, 0.3) is 0 Å². The molecule has 5 nitrogen and oxygen atoms in total. The van der Waals surface area contributed by atoms with Crippen LogP contribution in [0.1, 0.15) is 24.0 Å². The number of aliphatic hydroxyl groups is 1. The van der Waals surface area contributed by atoms with Crippen LogP contribution in [-0.2, 0) is 16.6 Å². The highest BCUT2D eigenvalue weighted by atomic mass is 32.2. The zero-order chi connectivity index (χ0) is 14.8. The molecule has 0 bridgehead atoms. The number of nitrogens with two attached hydrogens (primary N) is 1. The van der Waals surface area contributed by atoms with Crippen molar-refractivity contribution in [2.24, 2.45) is 11.7 Å². The largest absolute Gasteiger partial charge is 0.396 e. The van der Waals surface area contributed by atoms with Gasteiger partial charge in [0.25, 0.3) is 0 Å². The summed E-state index contributed by atoms with van der Waals surface area (Å²) in [6.07, 6.45) is 1.68. The van der Waals surface area contributed by atoms with Crippen molar-refractivity contribution in [3.8, 4) is 0 Å². The molecular weight excluding hydrogens is 276 g/mol. The molecule has 1 heterocycles. The highest BCUT2D eigenvalue weighted by molar-refractivity contribution is 7.89. The van der Waals surface area contributed by atoms with E-state index < -0.39 is 10.0 Å². The van der Waals surface area contributed by atoms with Gasteiger partial charge in [-0.25, -0.2) is 8.42 Å². The van der Waals surface area contributed by atoms with Gasteiger partial charge in [0, 0.05) is 26.2 Å². The maximum Gasteiger partial charge on any atom is 0.243 e. The maximum atomic E-state index is 12.6. The number of hydrogen-bond donors (Lipinski definition) is 2. The first-order valence-corrected chi connectivity index (χ1v) is 8.33. The number of aryl methyl sites for hydroxylation is 1. The van der Waals surface area contributed by atoms with Gasteiger partial charge in [-0.05, 0) is 48.9 Å². The van der Waals surface area contributed by atoms with Gasteiger partial charge in [0.1, 0.15) is 0 Å². The highest BCUT2D eigenvalue weighted by Crippen LogP contribution is 2.24. The van der Waals surface area contributed by atoms with Gasteiger partial charge in [-0.2, -0.15) is 4.31 Å². The number of benzene rings is 1. The van der Waals surface area contributed by atoms with E-state index in [4.69, 9.17) is 5.73 Å². The first-order chi connectivity index (χ1) is 9.48. The van der Waals surface area contributed by atoms with Gasteiger partial charge in [-0.1, -0.05) is 6.07 Å². The second-order valence-electron chi connectivity index (χ2n) is 5.35. The Bertz CT molecular complexity index is 572. The Kier molecular flexibility index (Phi) is 4.80. The minimum atomic E-state index is -3.47. The quantitative estimate of drug-likeness (QED) is 0.863. The highest BCUT2D eigenvalue weighted by Gasteiger charge is 2.30. The van der Waals surface area contributed by atoms with Crippen LogP contribution in [0.5, 0.6) is 0 Å². The van der Waals surface area contributed by atoms with Gasteiger partial charge in [-0.3, -0.25) is 0 Å². The molecule has 20 heavy (non-hydrogen) atoms. The Hall–Kier alpha value is -0.950. The van der Waals surface area contributed by atoms with E-state index in [-0.39, 0.29) is 12.5 Å². The standard InChI is InChI=1S/C14H22N2O3S/c1-11-7-14(5-4-13(11)8-15)20(18,19)16-6-2-3-12(9-16)10-17/h4-5,7,12,17H,2-3,6,8-10,15H2,1H3. The van der Waals surface area contributed by atoms with E-state index >= 15 is 0 Å². The smallest absolute Gasteiger partial charge is 0.243 e. The number of sulfonamides is 1. The van der Waals surface area contributed by atoms with Gasteiger partial charge in [0.2, 0.25) is 10.0 Å². The Balaban J connectivity index is 2.28. The van der Waals surface area contributed by atoms with Gasteiger partial charge in [0.15, 0.2) is 0 Å². The fraction of sp³-hybridized carbons (Fsp3) is 0.571. The average molecular weight is 298 g/mol. The van der Waals surface area contributed by atoms with E-state index in [1.807, 2.05) is 6.92 Å². The molecule has 2 rings (SSSR count). The molecule has 0 saturated carbocycles. The Morgan fingerprint density at radius 3 is 2.80 bits per heavy atom. The summed E-state index contributed by atoms with van der Waals surface area (Å²) in [4.78, 5) is 0.311. The molecule has 1 aromatic rings. The van der Waals surface area contributed by atoms with Crippen molar-refractivity contribution in [3.63, 3.8) is 0 Å². The lowest BCUT2D eigenvalue weighted by molar-refractivity contribution is 0.165. The molecule has 1 aromatic carbocycles. The number of nitrogens with zero attached hydrogens (tertiary/aromatic N) is 1. The van der Waals surface area contributed by atoms with Crippen molar-refractivity contribution >= 4 is 10.0 Å². The van der Waals surface area contributed by atoms with Crippen molar-refractivity contribution in [3.05, 3.63) is 29.3 Å². The molecule has 0 spiro atoms. The third kappa shape index (κ3) is 3.03. The van der Waals surface area contributed by atoms with Crippen LogP contribution in [0.2, 0.25) is 0 Å². The molecule has 1 fully saturated rings. The molecule has 1 saturated heterocycles. The summed E-state index contributed by atoms with van der Waals surface area (Å²) in [7, 11) is -3.47. The van der Waals surface area contributed by atoms with E-state index in [1.54, 1.807) is 18.2 Å². The fourth-order valence-corrected chi connectivity index (χ4v) is 4.24. The van der Waals surface area contributed by atoms with Crippen LogP contribution in [-0.4, -0.2) is 37.5 Å². The predicted octanol–water partition coefficient (Wildman–Crippen LogP) is 0.847. The zero-order valence-corrected chi connectivity index (χ0v) is 12.6. The summed E-state index contributed by atoms with van der Waals surface area (Å²) in [6, 6.07) is 5.07. The van der Waals surface area contributed by atoms with Crippen LogP contribution < -0.4 is 5.73 Å². The predicted molar refractivity (Wildman–Crippen MR) is 77.6 cm³/mol. The summed E-state index contributed by atoms with van der Waals surface area (Å²) in [5.74, 6) is 0.0444. The lowest BCUT2D eigenvalue weighted by Crippen LogP contribution is -2.40. The third-order valence-electron chi connectivity index (χ3n) is 3.91. The summed E-state index contributed by atoms with van der Waals surface area (Å²) in [5.41, 5.74) is 7.45. The molecule has 0 amide bonds. The van der Waals surface area contributed by atoms with Gasteiger partial charge in [0.05, 0.1) is 4.90 Å². The van der Waals surface area contributed by atoms with Crippen molar-refractivity contribution < 1.29 is 13.5 Å². The Morgan fingerprint density at radius 2 is 2.20 bits per heavy atom. The normalized spacial score (nSPS) is 21.1. The SMILES string of the molecule is Cc1cc(S(=O)(=O)N2CCCC(CO)C2)ccc1CN. The second-order valence-corrected chi connectivity index (χ2v) is 7.28. The van der Waals surface area contributed by atoms with Crippen LogP contribution >= 0.6 is 0 Å². The third-order valence-corrected chi connectivity index (χ3v) is 5.77. The molecule has 112 valence electrons. The maximum absolute atomic E-state index is 12.6. The van der Waals surface area contributed by atoms with E-state index in [0.717, 1.165) is 24.0 Å². The lowest BCUT2D eigenvalue weighted by Gasteiger charge is -2.31. The Labute approximate surface area is 120 Å². The minimum absolute atomic E-state index is 0.0388. The lowest BCUT2D eigenvalue weighted by atomic mass is 10.0. The monoisotopic (exact) mass is 298 g/mol. The number of piperidine rings is 1. The molecule has 6 heteroatoms. The summed E-state index contributed by atoms with van der Waals surface area (Å²) in [5, 5.41) is 9.22. The Morgan fingerprint density at radius 1 is 1.45 bits per heavy atom. The van der Waals surface area contributed by atoms with Crippen molar-refractivity contribution in [2.75, 3.05) is 19.7 Å². The van der Waals surface area contributed by atoms with Crippen molar-refractivity contribution in [1.29, 1.82) is 0 Å². The molecule has 0 aliphatic carbocycles. The summed E-state index contributed by atoms with van der Waals surface area (Å²) >= 11 is 0. The van der Waals surface area contributed by atoms with Gasteiger partial charge >= 0.3 is 0 Å². The average Bonchev–Trinajstić information content (AvgIpc) is 2.47. The molecule has 0 radical (unpaired) electrons. The summed E-state index contributed by atoms with van der Waals surface area (Å²) < 4.78 is 26.7. The molecule has 1 unspecified atom stereocenters. The van der Waals surface area contributed by atoms with Crippen molar-refractivity contribution in [2.45, 2.75) is 31.2 Å².